The second-order valence-corrected chi connectivity index (χ2v) is 4.18. The second-order valence-electron chi connectivity index (χ2n) is 4.18. The highest BCUT2D eigenvalue weighted by Gasteiger charge is 2.17. The summed E-state index contributed by atoms with van der Waals surface area (Å²) in [6, 6.07) is 5.28. The van der Waals surface area contributed by atoms with Crippen LogP contribution in [0.5, 0.6) is 0 Å². The SMILES string of the molecule is COCCN(CCO)C(=O)c1ccc(NN)cc1C. The van der Waals surface area contributed by atoms with Gasteiger partial charge < -0.3 is 20.2 Å². The molecule has 0 saturated heterocycles. The van der Waals surface area contributed by atoms with E-state index in [1.807, 2.05) is 6.92 Å². The van der Waals surface area contributed by atoms with Crippen LogP contribution in [0.2, 0.25) is 0 Å². The number of rotatable bonds is 7. The molecule has 0 aliphatic carbocycles. The molecule has 6 heteroatoms. The Bertz CT molecular complexity index is 424. The summed E-state index contributed by atoms with van der Waals surface area (Å²) >= 11 is 0. The largest absolute Gasteiger partial charge is 0.395 e. The standard InChI is InChI=1S/C13H21N3O3/c1-10-9-11(15-14)3-4-12(10)13(18)16(5-7-17)6-8-19-2/h3-4,9,15,17H,5-8,14H2,1-2H3. The van der Waals surface area contributed by atoms with Crippen molar-refractivity contribution in [1.82, 2.24) is 4.90 Å². The highest BCUT2D eigenvalue weighted by Crippen LogP contribution is 2.16. The lowest BCUT2D eigenvalue weighted by atomic mass is 10.1. The predicted octanol–water partition coefficient (Wildman–Crippen LogP) is 0.362. The maximum Gasteiger partial charge on any atom is 0.254 e. The number of nitrogens with zero attached hydrogens (tertiary/aromatic N) is 1. The van der Waals surface area contributed by atoms with Crippen LogP contribution in [0.4, 0.5) is 5.69 Å². The van der Waals surface area contributed by atoms with Crippen molar-refractivity contribution in [2.75, 3.05) is 38.8 Å². The van der Waals surface area contributed by atoms with Crippen LogP contribution in [0, 0.1) is 6.92 Å². The Morgan fingerprint density at radius 1 is 1.47 bits per heavy atom. The number of carbonyl (C=O) groups excluding carboxylic acids is 1. The van der Waals surface area contributed by atoms with Crippen molar-refractivity contribution in [2.24, 2.45) is 5.84 Å². The Kier molecular flexibility index (Phi) is 6.27. The average molecular weight is 267 g/mol. The molecule has 1 aromatic rings. The van der Waals surface area contributed by atoms with Crippen molar-refractivity contribution in [1.29, 1.82) is 0 Å². The minimum atomic E-state index is -0.118. The monoisotopic (exact) mass is 267 g/mol. The van der Waals surface area contributed by atoms with E-state index >= 15 is 0 Å². The molecule has 0 bridgehead atoms. The number of aryl methyl sites for hydroxylation is 1. The molecule has 0 heterocycles. The molecule has 0 saturated carbocycles. The number of aliphatic hydroxyl groups is 1. The first-order valence-corrected chi connectivity index (χ1v) is 6.10. The van der Waals surface area contributed by atoms with Gasteiger partial charge in [-0.2, -0.15) is 0 Å². The quantitative estimate of drug-likeness (QED) is 0.490. The molecule has 0 fully saturated rings. The lowest BCUT2D eigenvalue weighted by Gasteiger charge is -2.22. The van der Waals surface area contributed by atoms with Crippen LogP contribution in [-0.4, -0.2) is 49.3 Å². The summed E-state index contributed by atoms with van der Waals surface area (Å²) in [6.07, 6.45) is 0. The number of hydrogen-bond acceptors (Lipinski definition) is 5. The minimum absolute atomic E-state index is 0.0725. The summed E-state index contributed by atoms with van der Waals surface area (Å²) in [6.45, 7) is 2.95. The fourth-order valence-corrected chi connectivity index (χ4v) is 1.80. The first-order valence-electron chi connectivity index (χ1n) is 6.10. The zero-order valence-electron chi connectivity index (χ0n) is 11.3. The van der Waals surface area contributed by atoms with E-state index in [0.717, 1.165) is 11.3 Å². The fourth-order valence-electron chi connectivity index (χ4n) is 1.80. The van der Waals surface area contributed by atoms with Gasteiger partial charge in [-0.25, -0.2) is 0 Å². The number of carbonyl (C=O) groups is 1. The molecule has 4 N–H and O–H groups in total. The summed E-state index contributed by atoms with van der Waals surface area (Å²) in [5, 5.41) is 9.02. The van der Waals surface area contributed by atoms with Gasteiger partial charge in [0.15, 0.2) is 0 Å². The molecule has 19 heavy (non-hydrogen) atoms. The van der Waals surface area contributed by atoms with Crippen LogP contribution >= 0.6 is 0 Å². The van der Waals surface area contributed by atoms with E-state index in [9.17, 15) is 4.79 Å². The summed E-state index contributed by atoms with van der Waals surface area (Å²) in [5.41, 5.74) is 4.72. The first-order chi connectivity index (χ1) is 9.13. The number of hydrogen-bond donors (Lipinski definition) is 3. The van der Waals surface area contributed by atoms with Crippen molar-refractivity contribution in [3.05, 3.63) is 29.3 Å². The number of aliphatic hydroxyl groups excluding tert-OH is 1. The highest BCUT2D eigenvalue weighted by atomic mass is 16.5. The maximum absolute atomic E-state index is 12.4. The number of benzene rings is 1. The summed E-state index contributed by atoms with van der Waals surface area (Å²) < 4.78 is 4.97. The molecule has 106 valence electrons. The molecule has 0 atom stereocenters. The molecule has 0 radical (unpaired) electrons. The van der Waals surface area contributed by atoms with Crippen LogP contribution in [0.25, 0.3) is 0 Å². The summed E-state index contributed by atoms with van der Waals surface area (Å²) in [5.74, 6) is 5.20. The van der Waals surface area contributed by atoms with E-state index in [1.54, 1.807) is 30.2 Å². The third-order valence-corrected chi connectivity index (χ3v) is 2.85. The molecule has 0 aliphatic heterocycles. The number of ether oxygens (including phenoxy) is 1. The molecular formula is C13H21N3O3. The first kappa shape index (κ1) is 15.4. The molecule has 1 aromatic carbocycles. The van der Waals surface area contributed by atoms with Gasteiger partial charge in [-0.05, 0) is 30.7 Å². The Labute approximate surface area is 113 Å². The van der Waals surface area contributed by atoms with Gasteiger partial charge in [-0.3, -0.25) is 10.6 Å². The third-order valence-electron chi connectivity index (χ3n) is 2.85. The van der Waals surface area contributed by atoms with Crippen molar-refractivity contribution in [2.45, 2.75) is 6.92 Å². The number of methoxy groups -OCH3 is 1. The zero-order chi connectivity index (χ0) is 14.3. The zero-order valence-corrected chi connectivity index (χ0v) is 11.3. The van der Waals surface area contributed by atoms with Crippen LogP contribution in [-0.2, 0) is 4.74 Å². The molecule has 0 unspecified atom stereocenters. The Morgan fingerprint density at radius 2 is 2.21 bits per heavy atom. The van der Waals surface area contributed by atoms with E-state index in [1.165, 1.54) is 0 Å². The van der Waals surface area contributed by atoms with E-state index in [-0.39, 0.29) is 12.5 Å². The fraction of sp³-hybridized carbons (Fsp3) is 0.462. The van der Waals surface area contributed by atoms with Crippen LogP contribution < -0.4 is 11.3 Å². The van der Waals surface area contributed by atoms with Crippen LogP contribution in [0.3, 0.4) is 0 Å². The van der Waals surface area contributed by atoms with E-state index in [4.69, 9.17) is 15.7 Å². The number of hydrazine groups is 1. The minimum Gasteiger partial charge on any atom is -0.395 e. The Balaban J connectivity index is 2.89. The van der Waals surface area contributed by atoms with Gasteiger partial charge in [0.2, 0.25) is 0 Å². The van der Waals surface area contributed by atoms with Crippen LogP contribution in [0.15, 0.2) is 18.2 Å². The van der Waals surface area contributed by atoms with E-state index in [0.29, 0.717) is 25.3 Å². The van der Waals surface area contributed by atoms with E-state index < -0.39 is 0 Å². The third kappa shape index (κ3) is 4.20. The van der Waals surface area contributed by atoms with Gasteiger partial charge in [0.25, 0.3) is 5.91 Å². The number of anilines is 1. The number of nitrogen functional groups attached to an aromatic ring is 1. The molecule has 6 nitrogen and oxygen atoms in total. The summed E-state index contributed by atoms with van der Waals surface area (Å²) in [7, 11) is 1.58. The highest BCUT2D eigenvalue weighted by molar-refractivity contribution is 5.96. The lowest BCUT2D eigenvalue weighted by molar-refractivity contribution is 0.0656. The Morgan fingerprint density at radius 3 is 2.74 bits per heavy atom. The number of nitrogens with two attached hydrogens (primary N) is 1. The van der Waals surface area contributed by atoms with Gasteiger partial charge in [0.05, 0.1) is 13.2 Å². The molecule has 0 aromatic heterocycles. The van der Waals surface area contributed by atoms with Crippen molar-refractivity contribution >= 4 is 11.6 Å². The van der Waals surface area contributed by atoms with Crippen LogP contribution in [0.1, 0.15) is 15.9 Å². The molecular weight excluding hydrogens is 246 g/mol. The molecule has 0 aliphatic rings. The number of nitrogens with one attached hydrogen (secondary N) is 1. The van der Waals surface area contributed by atoms with Crippen molar-refractivity contribution in [3.8, 4) is 0 Å². The summed E-state index contributed by atoms with van der Waals surface area (Å²) in [4.78, 5) is 13.9. The normalized spacial score (nSPS) is 10.3. The van der Waals surface area contributed by atoms with Crippen molar-refractivity contribution in [3.63, 3.8) is 0 Å². The van der Waals surface area contributed by atoms with Gasteiger partial charge >= 0.3 is 0 Å². The predicted molar refractivity (Wildman–Crippen MR) is 73.9 cm³/mol. The van der Waals surface area contributed by atoms with Gasteiger partial charge in [0.1, 0.15) is 0 Å². The van der Waals surface area contributed by atoms with Crippen molar-refractivity contribution < 1.29 is 14.6 Å². The average Bonchev–Trinajstić information content (AvgIpc) is 2.42. The smallest absolute Gasteiger partial charge is 0.254 e. The molecule has 0 spiro atoms. The van der Waals surface area contributed by atoms with E-state index in [2.05, 4.69) is 5.43 Å². The number of amides is 1. The van der Waals surface area contributed by atoms with Gasteiger partial charge in [0, 0.05) is 31.5 Å². The molecule has 1 amide bonds. The van der Waals surface area contributed by atoms with Gasteiger partial charge in [-0.1, -0.05) is 0 Å². The lowest BCUT2D eigenvalue weighted by Crippen LogP contribution is -2.36. The topological polar surface area (TPSA) is 87.8 Å². The Hall–Kier alpha value is -1.63. The molecule has 1 rings (SSSR count). The second kappa shape index (κ2) is 7.73. The van der Waals surface area contributed by atoms with Gasteiger partial charge in [-0.15, -0.1) is 0 Å². The maximum atomic E-state index is 12.4.